The van der Waals surface area contributed by atoms with E-state index in [-0.39, 0.29) is 29.1 Å². The molecule has 1 atom stereocenters. The van der Waals surface area contributed by atoms with Gasteiger partial charge in [0.25, 0.3) is 0 Å². The number of allylic oxidation sites excluding steroid dienone is 3. The summed E-state index contributed by atoms with van der Waals surface area (Å²) in [6, 6.07) is 0. The molecule has 4 N–H and O–H groups in total. The fourth-order valence-corrected chi connectivity index (χ4v) is 2.53. The molecule has 0 aromatic carbocycles. The van der Waals surface area contributed by atoms with Crippen LogP contribution in [0, 0.1) is 0 Å². The second-order valence-electron chi connectivity index (χ2n) is 16.2. The normalized spacial score (nSPS) is 16.8. The molecular weight excluding hydrogens is 592 g/mol. The number of carbonyl (C=O) groups excluding carboxylic acids is 3. The summed E-state index contributed by atoms with van der Waals surface area (Å²) >= 11 is 0. The van der Waals surface area contributed by atoms with Crippen LogP contribution in [0.2, 0.25) is 0 Å². The van der Waals surface area contributed by atoms with Crippen molar-refractivity contribution in [3.8, 4) is 0 Å². The van der Waals surface area contributed by atoms with Gasteiger partial charge in [0.05, 0.1) is 28.0 Å². The van der Waals surface area contributed by atoms with Gasteiger partial charge >= 0.3 is 0 Å². The molecule has 10 nitrogen and oxygen atoms in total. The molecule has 0 bridgehead atoms. The molecule has 274 valence electrons. The topological polar surface area (TPSA) is 160 Å². The van der Waals surface area contributed by atoms with Gasteiger partial charge in [0.1, 0.15) is 6.10 Å². The number of hydrogen-bond acceptors (Lipinski definition) is 10. The molecule has 0 radical (unpaired) electrons. The Morgan fingerprint density at radius 3 is 1.26 bits per heavy atom. The third kappa shape index (κ3) is 57.8. The zero-order valence-electron chi connectivity index (χ0n) is 32.2. The predicted octanol–water partition coefficient (Wildman–Crippen LogP) is 7.66. The van der Waals surface area contributed by atoms with E-state index in [0.717, 1.165) is 37.7 Å². The van der Waals surface area contributed by atoms with Gasteiger partial charge in [-0.1, -0.05) is 0 Å². The summed E-state index contributed by atoms with van der Waals surface area (Å²) in [5.41, 5.74) is -0.651. The third-order valence-electron chi connectivity index (χ3n) is 4.13. The Labute approximate surface area is 280 Å². The Morgan fingerprint density at radius 2 is 1.00 bits per heavy atom. The van der Waals surface area contributed by atoms with E-state index in [4.69, 9.17) is 30.4 Å². The lowest BCUT2D eigenvalue weighted by molar-refractivity contribution is -0.365. The summed E-state index contributed by atoms with van der Waals surface area (Å²) in [4.78, 5) is 47.1. The average molecular weight is 663 g/mol. The van der Waals surface area contributed by atoms with Crippen molar-refractivity contribution in [2.75, 3.05) is 0 Å². The van der Waals surface area contributed by atoms with E-state index in [2.05, 4.69) is 4.89 Å². The summed E-state index contributed by atoms with van der Waals surface area (Å²) in [6.45, 7) is 29.9. The van der Waals surface area contributed by atoms with E-state index >= 15 is 0 Å². The molecule has 0 aromatic rings. The summed E-state index contributed by atoms with van der Waals surface area (Å²) < 4.78 is 0. The number of rotatable bonds is 4. The van der Waals surface area contributed by atoms with Crippen LogP contribution in [0.25, 0.3) is 0 Å². The summed E-state index contributed by atoms with van der Waals surface area (Å²) in [6.07, 6.45) is 8.30. The zero-order chi connectivity index (χ0) is 37.7. The minimum atomic E-state index is -0.500. The molecule has 10 heteroatoms. The van der Waals surface area contributed by atoms with Gasteiger partial charge < -0.3 is 15.3 Å². The lowest BCUT2D eigenvalue weighted by atomic mass is 9.95. The first-order valence-corrected chi connectivity index (χ1v) is 15.9. The number of ketones is 3. The highest BCUT2D eigenvalue weighted by atomic mass is 17.2. The maximum absolute atomic E-state index is 11.2. The number of hydrogen-bond donors (Lipinski definition) is 4. The summed E-state index contributed by atoms with van der Waals surface area (Å²) in [5, 5.41) is 33.5. The quantitative estimate of drug-likeness (QED) is 0.174. The minimum absolute atomic E-state index is 0.0352. The lowest BCUT2D eigenvalue weighted by Gasteiger charge is -2.24. The van der Waals surface area contributed by atoms with Crippen molar-refractivity contribution < 1.29 is 49.6 Å². The second kappa shape index (κ2) is 23.5. The summed E-state index contributed by atoms with van der Waals surface area (Å²) in [7, 11) is 0. The van der Waals surface area contributed by atoms with Crippen molar-refractivity contribution >= 4 is 17.3 Å². The zero-order valence-corrected chi connectivity index (χ0v) is 32.2. The second-order valence-corrected chi connectivity index (χ2v) is 16.2. The van der Waals surface area contributed by atoms with Gasteiger partial charge in [-0.25, -0.2) is 14.7 Å². The third-order valence-corrected chi connectivity index (χ3v) is 4.13. The number of Topliss-reactive ketones (excluding diaryl/α,β-unsaturated/α-hetero) is 2. The highest BCUT2D eigenvalue weighted by Gasteiger charge is 2.20. The molecule has 2 aliphatic rings. The van der Waals surface area contributed by atoms with Crippen molar-refractivity contribution in [1.29, 1.82) is 0 Å². The van der Waals surface area contributed by atoms with Gasteiger partial charge in [-0.2, -0.15) is 0 Å². The highest BCUT2D eigenvalue weighted by molar-refractivity contribution is 6.02. The first-order chi connectivity index (χ1) is 20.1. The molecule has 2 rings (SSSR count). The predicted molar refractivity (Wildman–Crippen MR) is 185 cm³/mol. The Hall–Kier alpha value is -1.79. The maximum Gasteiger partial charge on any atom is 0.156 e. The van der Waals surface area contributed by atoms with E-state index in [9.17, 15) is 14.4 Å². The fraction of sp³-hybridized carbons (Fsp3) is 0.806. The maximum atomic E-state index is 11.2. The van der Waals surface area contributed by atoms with Gasteiger partial charge in [-0.15, -0.1) is 0 Å². The van der Waals surface area contributed by atoms with Crippen LogP contribution in [-0.4, -0.2) is 72.0 Å². The van der Waals surface area contributed by atoms with Crippen molar-refractivity contribution in [2.45, 2.75) is 190 Å². The largest absolute Gasteiger partial charge is 0.391 e. The van der Waals surface area contributed by atoms with Crippen molar-refractivity contribution in [3.05, 3.63) is 23.3 Å². The molecule has 0 saturated carbocycles. The Kier molecular flexibility index (Phi) is 26.1. The molecule has 0 fully saturated rings. The van der Waals surface area contributed by atoms with Gasteiger partial charge in [-0.3, -0.25) is 19.6 Å². The minimum Gasteiger partial charge on any atom is -0.391 e. The van der Waals surface area contributed by atoms with Gasteiger partial charge in [0, 0.05) is 6.42 Å². The van der Waals surface area contributed by atoms with Crippen LogP contribution in [0.15, 0.2) is 23.3 Å². The molecule has 0 aliphatic heterocycles. The molecule has 0 aromatic heterocycles. The molecule has 1 unspecified atom stereocenters. The van der Waals surface area contributed by atoms with E-state index < -0.39 is 22.4 Å². The van der Waals surface area contributed by atoms with Gasteiger partial charge in [-0.05, 0) is 173 Å². The van der Waals surface area contributed by atoms with E-state index in [1.807, 2.05) is 26.8 Å². The first-order valence-electron chi connectivity index (χ1n) is 15.9. The SMILES string of the molecule is CC(=O)C1=CC(=O)CCC1.CC(=O)C1=CC(OOC(C)(C)C)CCC1.CC(C)(C)O.CC(C)(C)O.CC(C)(C)O.CC(C)(C)OO. The summed E-state index contributed by atoms with van der Waals surface area (Å²) in [5.74, 6) is 0.267. The monoisotopic (exact) mass is 662 g/mol. The first kappa shape index (κ1) is 51.1. The molecular formula is C36H70O10. The molecule has 0 heterocycles. The van der Waals surface area contributed by atoms with Crippen molar-refractivity contribution in [2.24, 2.45) is 0 Å². The van der Waals surface area contributed by atoms with Crippen LogP contribution in [0.4, 0.5) is 0 Å². The van der Waals surface area contributed by atoms with Crippen LogP contribution in [0.1, 0.15) is 156 Å². The standard InChI is InChI=1S/C12H20O3.C8H10O2.C4H10O2.3C4H10O/c1-9(13)10-6-5-7-11(8-10)14-15-12(2,3)4;1-6(9)7-3-2-4-8(10)5-7;1-4(2,3)6-5;3*1-4(2,3)5/h8,11H,5-7H2,1-4H3;5H,2-4H2,1H3;5H,1-3H3;3*5H,1-3H3. The lowest BCUT2D eigenvalue weighted by Crippen LogP contribution is -2.25. The Balaban J connectivity index is -0.000000248. The van der Waals surface area contributed by atoms with Crippen LogP contribution in [0.5, 0.6) is 0 Å². The van der Waals surface area contributed by atoms with Crippen molar-refractivity contribution in [1.82, 2.24) is 0 Å². The molecule has 46 heavy (non-hydrogen) atoms. The fourth-order valence-electron chi connectivity index (χ4n) is 2.53. The van der Waals surface area contributed by atoms with E-state index in [0.29, 0.717) is 12.0 Å². The smallest absolute Gasteiger partial charge is 0.156 e. The van der Waals surface area contributed by atoms with Crippen LogP contribution < -0.4 is 0 Å². The van der Waals surface area contributed by atoms with Gasteiger partial charge in [0.15, 0.2) is 17.3 Å². The van der Waals surface area contributed by atoms with Crippen LogP contribution in [0.3, 0.4) is 0 Å². The van der Waals surface area contributed by atoms with E-state index in [1.165, 1.54) is 13.0 Å². The van der Waals surface area contributed by atoms with Gasteiger partial charge in [0.2, 0.25) is 0 Å². The van der Waals surface area contributed by atoms with Crippen molar-refractivity contribution in [3.63, 3.8) is 0 Å². The van der Waals surface area contributed by atoms with E-state index in [1.54, 1.807) is 90.0 Å². The molecule has 0 amide bonds. The van der Waals surface area contributed by atoms with Crippen LogP contribution in [-0.2, 0) is 29.0 Å². The average Bonchev–Trinajstić information content (AvgIpc) is 2.80. The van der Waals surface area contributed by atoms with Crippen LogP contribution >= 0.6 is 0 Å². The highest BCUT2D eigenvalue weighted by Crippen LogP contribution is 2.22. The number of aliphatic hydroxyl groups is 3. The molecule has 0 spiro atoms. The Morgan fingerprint density at radius 1 is 0.652 bits per heavy atom. The molecule has 2 aliphatic carbocycles. The molecule has 0 saturated heterocycles. The number of carbonyl (C=O) groups is 3. The Bertz CT molecular complexity index is 866.